The van der Waals surface area contributed by atoms with Crippen LogP contribution >= 0.6 is 11.8 Å². The second kappa shape index (κ2) is 13.1. The monoisotopic (exact) mass is 520 g/mol. The van der Waals surface area contributed by atoms with Crippen molar-refractivity contribution in [1.82, 2.24) is 0 Å². The van der Waals surface area contributed by atoms with Crippen molar-refractivity contribution >= 4 is 35.3 Å². The first kappa shape index (κ1) is 28.9. The molecule has 1 amide bonds. The zero-order valence-electron chi connectivity index (χ0n) is 20.4. The number of hydrogen-bond acceptors (Lipinski definition) is 4. The lowest BCUT2D eigenvalue weighted by atomic mass is 9.86. The van der Waals surface area contributed by atoms with Gasteiger partial charge in [-0.05, 0) is 49.4 Å². The van der Waals surface area contributed by atoms with Crippen molar-refractivity contribution in [1.29, 1.82) is 0 Å². The maximum absolute atomic E-state index is 14.2. The van der Waals surface area contributed by atoms with Gasteiger partial charge in [0, 0.05) is 40.7 Å². The molecule has 0 bridgehead atoms. The average molecular weight is 521 g/mol. The number of hydrogen-bond donors (Lipinski definition) is 2. The highest BCUT2D eigenvalue weighted by Crippen LogP contribution is 2.26. The molecule has 2 N–H and O–H groups in total. The van der Waals surface area contributed by atoms with E-state index < -0.39 is 28.7 Å². The summed E-state index contributed by atoms with van der Waals surface area (Å²) in [5, 5.41) is 5.08. The standard InChI is InChI=1S/C20H22FNO2S.C7H6F3N/c1-4-25-16-8-5-14(6-9-16)11-19(24)22-15-7-10-17(18(21)12-15)20(2,3)13-23;1-11-7-3-5(9)4(8)2-6(7)10/h5-10,12-13H,4,11H2,1-3H3,(H,22,24);2-3,11H,1H3. The molecule has 4 nitrogen and oxygen atoms in total. The van der Waals surface area contributed by atoms with Gasteiger partial charge in [-0.2, -0.15) is 0 Å². The molecular formula is C27H28F4N2O2S. The number of benzene rings is 3. The third-order valence-electron chi connectivity index (χ3n) is 5.12. The smallest absolute Gasteiger partial charge is 0.228 e. The number of amides is 1. The highest BCUT2D eigenvalue weighted by atomic mass is 32.2. The van der Waals surface area contributed by atoms with Crippen LogP contribution in [0.5, 0.6) is 0 Å². The predicted molar refractivity (Wildman–Crippen MR) is 137 cm³/mol. The van der Waals surface area contributed by atoms with Crippen LogP contribution < -0.4 is 10.6 Å². The number of rotatable bonds is 8. The Morgan fingerprint density at radius 2 is 1.56 bits per heavy atom. The molecule has 0 fully saturated rings. The van der Waals surface area contributed by atoms with Crippen molar-refractivity contribution < 1.29 is 27.2 Å². The zero-order chi connectivity index (χ0) is 26.9. The number of carbonyl (C=O) groups is 2. The minimum absolute atomic E-state index is 0.0519. The van der Waals surface area contributed by atoms with Crippen LogP contribution in [0, 0.1) is 23.3 Å². The van der Waals surface area contributed by atoms with Crippen molar-refractivity contribution in [3.8, 4) is 0 Å². The van der Waals surface area contributed by atoms with Crippen molar-refractivity contribution in [2.45, 2.75) is 37.5 Å². The van der Waals surface area contributed by atoms with Crippen LogP contribution in [-0.2, 0) is 21.4 Å². The van der Waals surface area contributed by atoms with Crippen LogP contribution in [0.25, 0.3) is 0 Å². The Bertz CT molecular complexity index is 1200. The van der Waals surface area contributed by atoms with E-state index in [9.17, 15) is 27.2 Å². The van der Waals surface area contributed by atoms with Gasteiger partial charge in [-0.15, -0.1) is 11.8 Å². The van der Waals surface area contributed by atoms with Crippen molar-refractivity contribution in [3.05, 3.63) is 89.0 Å². The van der Waals surface area contributed by atoms with Gasteiger partial charge in [0.1, 0.15) is 17.9 Å². The fourth-order valence-corrected chi connectivity index (χ4v) is 3.82. The van der Waals surface area contributed by atoms with Crippen molar-refractivity contribution in [3.63, 3.8) is 0 Å². The third kappa shape index (κ3) is 8.12. The summed E-state index contributed by atoms with van der Waals surface area (Å²) >= 11 is 1.75. The lowest BCUT2D eigenvalue weighted by Gasteiger charge is -2.18. The molecule has 0 aliphatic rings. The predicted octanol–water partition coefficient (Wildman–Crippen LogP) is 6.74. The molecule has 0 saturated heterocycles. The quantitative estimate of drug-likeness (QED) is 0.149. The fraction of sp³-hybridized carbons (Fsp3) is 0.259. The first-order valence-corrected chi connectivity index (χ1v) is 12.1. The van der Waals surface area contributed by atoms with E-state index in [1.54, 1.807) is 31.7 Å². The molecule has 3 aromatic rings. The summed E-state index contributed by atoms with van der Waals surface area (Å²) in [5.41, 5.74) is 0.641. The van der Waals surface area contributed by atoms with Gasteiger partial charge in [0.15, 0.2) is 11.6 Å². The number of nitrogens with one attached hydrogen (secondary N) is 2. The normalized spacial score (nSPS) is 10.8. The summed E-state index contributed by atoms with van der Waals surface area (Å²) in [5.74, 6) is -2.75. The molecule has 0 heterocycles. The summed E-state index contributed by atoms with van der Waals surface area (Å²) in [4.78, 5) is 24.4. The zero-order valence-corrected chi connectivity index (χ0v) is 21.2. The number of aldehydes is 1. The van der Waals surface area contributed by atoms with Gasteiger partial charge in [-0.25, -0.2) is 17.6 Å². The molecule has 0 unspecified atom stereocenters. The molecule has 0 aromatic heterocycles. The molecule has 0 aliphatic carbocycles. The number of carbonyl (C=O) groups excluding carboxylic acids is 2. The third-order valence-corrected chi connectivity index (χ3v) is 6.01. The van der Waals surface area contributed by atoms with Gasteiger partial charge >= 0.3 is 0 Å². The summed E-state index contributed by atoms with van der Waals surface area (Å²) in [6.45, 7) is 5.39. The highest BCUT2D eigenvalue weighted by Gasteiger charge is 2.23. The average Bonchev–Trinajstić information content (AvgIpc) is 2.83. The first-order chi connectivity index (χ1) is 17.0. The highest BCUT2D eigenvalue weighted by molar-refractivity contribution is 7.99. The number of thioether (sulfide) groups is 1. The summed E-state index contributed by atoms with van der Waals surface area (Å²) in [7, 11) is 1.43. The van der Waals surface area contributed by atoms with Crippen LogP contribution in [0.15, 0.2) is 59.5 Å². The SMILES string of the molecule is CCSc1ccc(CC(=O)Nc2ccc(C(C)(C)C=O)c(F)c2)cc1.CNc1cc(F)c(F)cc1F. The van der Waals surface area contributed by atoms with E-state index in [0.717, 1.165) is 17.4 Å². The van der Waals surface area contributed by atoms with E-state index in [2.05, 4.69) is 17.6 Å². The maximum atomic E-state index is 14.2. The Morgan fingerprint density at radius 1 is 0.917 bits per heavy atom. The van der Waals surface area contributed by atoms with Crippen LogP contribution in [0.3, 0.4) is 0 Å². The molecule has 0 atom stereocenters. The number of anilines is 2. The molecule has 3 rings (SSSR count). The van der Waals surface area contributed by atoms with Crippen molar-refractivity contribution in [2.24, 2.45) is 0 Å². The van der Waals surface area contributed by atoms with E-state index in [4.69, 9.17) is 0 Å². The fourth-order valence-electron chi connectivity index (χ4n) is 3.15. The minimum Gasteiger partial charge on any atom is -0.386 e. The Balaban J connectivity index is 0.000000346. The van der Waals surface area contributed by atoms with Gasteiger partial charge in [0.05, 0.1) is 12.1 Å². The Labute approximate surface area is 212 Å². The lowest BCUT2D eigenvalue weighted by molar-refractivity contribution is -0.115. The second-order valence-electron chi connectivity index (χ2n) is 8.33. The molecule has 0 radical (unpaired) electrons. The van der Waals surface area contributed by atoms with Gasteiger partial charge < -0.3 is 15.4 Å². The first-order valence-electron chi connectivity index (χ1n) is 11.1. The van der Waals surface area contributed by atoms with Crippen LogP contribution in [0.4, 0.5) is 28.9 Å². The molecule has 0 aliphatic heterocycles. The van der Waals surface area contributed by atoms with E-state index in [-0.39, 0.29) is 18.0 Å². The molecular weight excluding hydrogens is 492 g/mol. The molecule has 0 saturated carbocycles. The van der Waals surface area contributed by atoms with Gasteiger partial charge in [0.25, 0.3) is 0 Å². The second-order valence-corrected chi connectivity index (χ2v) is 9.67. The van der Waals surface area contributed by atoms with E-state index in [1.165, 1.54) is 24.1 Å². The topological polar surface area (TPSA) is 58.2 Å². The molecule has 192 valence electrons. The molecule has 9 heteroatoms. The largest absolute Gasteiger partial charge is 0.386 e. The van der Waals surface area contributed by atoms with E-state index in [0.29, 0.717) is 23.6 Å². The Morgan fingerprint density at radius 3 is 2.11 bits per heavy atom. The lowest BCUT2D eigenvalue weighted by Crippen LogP contribution is -2.21. The molecule has 0 spiro atoms. The van der Waals surface area contributed by atoms with Gasteiger partial charge in [0.2, 0.25) is 5.91 Å². The summed E-state index contributed by atoms with van der Waals surface area (Å²) < 4.78 is 51.4. The van der Waals surface area contributed by atoms with Gasteiger partial charge in [-0.1, -0.05) is 25.1 Å². The van der Waals surface area contributed by atoms with E-state index in [1.807, 2.05) is 24.3 Å². The summed E-state index contributed by atoms with van der Waals surface area (Å²) in [6, 6.07) is 13.5. The Hall–Kier alpha value is -3.33. The molecule has 3 aromatic carbocycles. The number of halogens is 4. The maximum Gasteiger partial charge on any atom is 0.228 e. The van der Waals surface area contributed by atoms with Crippen LogP contribution in [0.1, 0.15) is 31.9 Å². The van der Waals surface area contributed by atoms with Crippen LogP contribution in [0.2, 0.25) is 0 Å². The summed E-state index contributed by atoms with van der Waals surface area (Å²) in [6.07, 6.45) is 0.935. The Kier molecular flexibility index (Phi) is 10.5. The minimum atomic E-state index is -1.18. The van der Waals surface area contributed by atoms with E-state index >= 15 is 0 Å². The van der Waals surface area contributed by atoms with Gasteiger partial charge in [-0.3, -0.25) is 4.79 Å². The van der Waals surface area contributed by atoms with Crippen molar-refractivity contribution in [2.75, 3.05) is 23.4 Å². The molecule has 36 heavy (non-hydrogen) atoms. The van der Waals surface area contributed by atoms with Crippen LogP contribution in [-0.4, -0.2) is 25.0 Å².